The molecule has 0 saturated carbocycles. The lowest BCUT2D eigenvalue weighted by Crippen LogP contribution is -2.16. The van der Waals surface area contributed by atoms with Gasteiger partial charge in [0.15, 0.2) is 0 Å². The van der Waals surface area contributed by atoms with Gasteiger partial charge in [-0.05, 0) is 19.3 Å². The molecule has 8 heteroatoms. The molecule has 0 bridgehead atoms. The number of rotatable bonds is 6. The molecular formula is C10H18N6O2. The van der Waals surface area contributed by atoms with Gasteiger partial charge in [0.1, 0.15) is 0 Å². The first-order valence-electron chi connectivity index (χ1n) is 5.94. The van der Waals surface area contributed by atoms with Crippen molar-refractivity contribution in [1.29, 1.82) is 0 Å². The third-order valence-corrected chi connectivity index (χ3v) is 2.70. The highest BCUT2D eigenvalue weighted by atomic mass is 16.5. The molecule has 100 valence electrons. The van der Waals surface area contributed by atoms with E-state index >= 15 is 0 Å². The first-order chi connectivity index (χ1) is 8.81. The predicted octanol–water partition coefficient (Wildman–Crippen LogP) is 0.147. The Morgan fingerprint density at radius 3 is 2.89 bits per heavy atom. The van der Waals surface area contributed by atoms with Gasteiger partial charge in [0.25, 0.3) is 0 Å². The molecule has 4 N–H and O–H groups in total. The molecule has 18 heavy (non-hydrogen) atoms. The van der Waals surface area contributed by atoms with Crippen molar-refractivity contribution in [3.05, 3.63) is 0 Å². The number of nitrogens with zero attached hydrogens (tertiary/aromatic N) is 3. The van der Waals surface area contributed by atoms with Gasteiger partial charge in [0.05, 0.1) is 13.2 Å². The van der Waals surface area contributed by atoms with Crippen LogP contribution in [0.15, 0.2) is 0 Å². The Morgan fingerprint density at radius 1 is 1.39 bits per heavy atom. The third kappa shape index (κ3) is 3.41. The molecule has 1 saturated heterocycles. The highest BCUT2D eigenvalue weighted by molar-refractivity contribution is 5.34. The summed E-state index contributed by atoms with van der Waals surface area (Å²) in [5, 5.41) is 3.10. The number of hydrogen-bond donors (Lipinski definition) is 3. The largest absolute Gasteiger partial charge is 0.467 e. The number of nitrogens with two attached hydrogens (primary N) is 1. The van der Waals surface area contributed by atoms with Gasteiger partial charge in [-0.3, -0.25) is 5.43 Å². The highest BCUT2D eigenvalue weighted by Crippen LogP contribution is 2.15. The Bertz CT molecular complexity index is 360. The molecule has 1 fully saturated rings. The molecule has 1 aromatic heterocycles. The Balaban J connectivity index is 1.87. The minimum absolute atomic E-state index is 0.220. The van der Waals surface area contributed by atoms with E-state index in [1.807, 2.05) is 0 Å². The number of ether oxygens (including phenoxy) is 2. The van der Waals surface area contributed by atoms with Crippen LogP contribution in [0.4, 0.5) is 11.9 Å². The fourth-order valence-electron chi connectivity index (χ4n) is 1.81. The molecule has 8 nitrogen and oxygen atoms in total. The van der Waals surface area contributed by atoms with Gasteiger partial charge in [0, 0.05) is 13.2 Å². The second-order valence-corrected chi connectivity index (χ2v) is 3.96. The van der Waals surface area contributed by atoms with Gasteiger partial charge < -0.3 is 14.8 Å². The Labute approximate surface area is 105 Å². The summed E-state index contributed by atoms with van der Waals surface area (Å²) in [7, 11) is 1.49. The molecule has 0 radical (unpaired) electrons. The summed E-state index contributed by atoms with van der Waals surface area (Å²) in [5.41, 5.74) is 2.37. The average molecular weight is 254 g/mol. The summed E-state index contributed by atoms with van der Waals surface area (Å²) in [6.45, 7) is 1.60. The van der Waals surface area contributed by atoms with Gasteiger partial charge in [-0.25, -0.2) is 5.84 Å². The fraction of sp³-hybridized carbons (Fsp3) is 0.700. The van der Waals surface area contributed by atoms with E-state index in [0.29, 0.717) is 12.1 Å². The van der Waals surface area contributed by atoms with E-state index in [2.05, 4.69) is 25.7 Å². The minimum atomic E-state index is 0.220. The normalized spacial score (nSPS) is 18.7. The van der Waals surface area contributed by atoms with Crippen molar-refractivity contribution in [3.8, 4) is 6.01 Å². The van der Waals surface area contributed by atoms with Crippen molar-refractivity contribution < 1.29 is 9.47 Å². The smallest absolute Gasteiger partial charge is 0.322 e. The quantitative estimate of drug-likeness (QED) is 0.486. The number of aromatic nitrogens is 3. The van der Waals surface area contributed by atoms with Gasteiger partial charge in [-0.15, -0.1) is 0 Å². The van der Waals surface area contributed by atoms with E-state index in [1.54, 1.807) is 0 Å². The third-order valence-electron chi connectivity index (χ3n) is 2.70. The van der Waals surface area contributed by atoms with Crippen molar-refractivity contribution in [3.63, 3.8) is 0 Å². The van der Waals surface area contributed by atoms with Crippen LogP contribution >= 0.6 is 0 Å². The van der Waals surface area contributed by atoms with Crippen LogP contribution in [0.1, 0.15) is 19.3 Å². The van der Waals surface area contributed by atoms with E-state index in [0.717, 1.165) is 32.4 Å². The SMILES string of the molecule is COc1nc(NN)nc(NCCC2CCCO2)n1. The van der Waals surface area contributed by atoms with Crippen molar-refractivity contribution in [2.24, 2.45) is 5.84 Å². The number of nitrogens with one attached hydrogen (secondary N) is 2. The van der Waals surface area contributed by atoms with Crippen LogP contribution in [-0.4, -0.2) is 41.3 Å². The second kappa shape index (κ2) is 6.31. The molecule has 0 aromatic carbocycles. The lowest BCUT2D eigenvalue weighted by atomic mass is 10.2. The Morgan fingerprint density at radius 2 is 2.22 bits per heavy atom. The minimum Gasteiger partial charge on any atom is -0.467 e. The van der Waals surface area contributed by atoms with Crippen LogP contribution in [-0.2, 0) is 4.74 Å². The van der Waals surface area contributed by atoms with Crippen LogP contribution in [0.25, 0.3) is 0 Å². The summed E-state index contributed by atoms with van der Waals surface area (Å²) >= 11 is 0. The first kappa shape index (κ1) is 12.8. The second-order valence-electron chi connectivity index (χ2n) is 3.96. The molecule has 0 amide bonds. The summed E-state index contributed by atoms with van der Waals surface area (Å²) < 4.78 is 10.5. The molecule has 1 unspecified atom stereocenters. The monoisotopic (exact) mass is 254 g/mol. The van der Waals surface area contributed by atoms with E-state index in [-0.39, 0.29) is 12.0 Å². The standard InChI is InChI=1S/C10H18N6O2/c1-17-10-14-8(13-9(15-10)16-11)12-5-4-7-3-2-6-18-7/h7H,2-6,11H2,1H3,(H2,12,13,14,15,16). The molecular weight excluding hydrogens is 236 g/mol. The molecule has 1 aliphatic rings. The van der Waals surface area contributed by atoms with Gasteiger partial charge in [0.2, 0.25) is 11.9 Å². The summed E-state index contributed by atoms with van der Waals surface area (Å²) in [5.74, 6) is 5.97. The predicted molar refractivity (Wildman–Crippen MR) is 66.3 cm³/mol. The Hall–Kier alpha value is -1.67. The molecule has 1 aromatic rings. The Kier molecular flexibility index (Phi) is 4.48. The zero-order valence-electron chi connectivity index (χ0n) is 10.3. The lowest BCUT2D eigenvalue weighted by molar-refractivity contribution is 0.107. The maximum atomic E-state index is 5.53. The molecule has 2 rings (SSSR count). The van der Waals surface area contributed by atoms with Crippen molar-refractivity contribution in [1.82, 2.24) is 15.0 Å². The lowest BCUT2D eigenvalue weighted by Gasteiger charge is -2.10. The molecule has 2 heterocycles. The summed E-state index contributed by atoms with van der Waals surface area (Å²) in [6, 6.07) is 0.220. The maximum absolute atomic E-state index is 5.53. The summed E-state index contributed by atoms with van der Waals surface area (Å²) in [4.78, 5) is 12.1. The van der Waals surface area contributed by atoms with Crippen LogP contribution < -0.4 is 21.3 Å². The van der Waals surface area contributed by atoms with Gasteiger partial charge in [-0.1, -0.05) is 0 Å². The van der Waals surface area contributed by atoms with Gasteiger partial charge in [-0.2, -0.15) is 15.0 Å². The highest BCUT2D eigenvalue weighted by Gasteiger charge is 2.15. The molecule has 0 spiro atoms. The van der Waals surface area contributed by atoms with Crippen LogP contribution in [0.2, 0.25) is 0 Å². The van der Waals surface area contributed by atoms with Crippen molar-refractivity contribution >= 4 is 11.9 Å². The van der Waals surface area contributed by atoms with Crippen molar-refractivity contribution in [2.45, 2.75) is 25.4 Å². The molecule has 0 aliphatic carbocycles. The number of hydrazine groups is 1. The van der Waals surface area contributed by atoms with Crippen LogP contribution in [0, 0.1) is 0 Å². The van der Waals surface area contributed by atoms with Crippen LogP contribution in [0.3, 0.4) is 0 Å². The van der Waals surface area contributed by atoms with E-state index in [1.165, 1.54) is 7.11 Å². The van der Waals surface area contributed by atoms with Crippen LogP contribution in [0.5, 0.6) is 6.01 Å². The maximum Gasteiger partial charge on any atom is 0.322 e. The summed E-state index contributed by atoms with van der Waals surface area (Å²) in [6.07, 6.45) is 3.54. The van der Waals surface area contributed by atoms with Gasteiger partial charge >= 0.3 is 6.01 Å². The zero-order valence-corrected chi connectivity index (χ0v) is 10.3. The molecule has 1 aliphatic heterocycles. The topological polar surface area (TPSA) is 107 Å². The van der Waals surface area contributed by atoms with E-state index in [4.69, 9.17) is 15.3 Å². The number of hydrogen-bond acceptors (Lipinski definition) is 8. The average Bonchev–Trinajstić information content (AvgIpc) is 2.91. The molecule has 1 atom stereocenters. The zero-order chi connectivity index (χ0) is 12.8. The number of methoxy groups -OCH3 is 1. The van der Waals surface area contributed by atoms with E-state index < -0.39 is 0 Å². The van der Waals surface area contributed by atoms with E-state index in [9.17, 15) is 0 Å². The number of nitrogen functional groups attached to an aromatic ring is 1. The number of anilines is 2. The first-order valence-corrected chi connectivity index (χ1v) is 5.94. The van der Waals surface area contributed by atoms with Crippen molar-refractivity contribution in [2.75, 3.05) is 31.0 Å². The fourth-order valence-corrected chi connectivity index (χ4v) is 1.81.